The molecule has 25 heavy (non-hydrogen) atoms. The normalized spacial score (nSPS) is 16.6. The summed E-state index contributed by atoms with van der Waals surface area (Å²) in [6.45, 7) is 3.59. The van der Waals surface area contributed by atoms with Crippen molar-refractivity contribution >= 4 is 11.6 Å². The monoisotopic (exact) mass is 338 g/mol. The first-order valence-electron chi connectivity index (χ1n) is 8.19. The number of ether oxygens (including phenoxy) is 2. The molecule has 130 valence electrons. The van der Waals surface area contributed by atoms with Gasteiger partial charge >= 0.3 is 0 Å². The number of hydrazone groups is 1. The van der Waals surface area contributed by atoms with Gasteiger partial charge < -0.3 is 9.47 Å². The second kappa shape index (κ2) is 6.97. The zero-order valence-electron chi connectivity index (χ0n) is 14.9. The highest BCUT2D eigenvalue weighted by Crippen LogP contribution is 2.37. The molecule has 0 unspecified atom stereocenters. The van der Waals surface area contributed by atoms with Crippen LogP contribution < -0.4 is 9.47 Å². The Hall–Kier alpha value is -2.82. The van der Waals surface area contributed by atoms with Crippen LogP contribution in [0.1, 0.15) is 36.1 Å². The third-order valence-electron chi connectivity index (χ3n) is 4.41. The zero-order chi connectivity index (χ0) is 18.0. The van der Waals surface area contributed by atoms with Crippen LogP contribution in [0.5, 0.6) is 11.5 Å². The molecule has 3 rings (SSSR count). The highest BCUT2D eigenvalue weighted by atomic mass is 16.5. The van der Waals surface area contributed by atoms with Crippen LogP contribution in [0.25, 0.3) is 0 Å². The van der Waals surface area contributed by atoms with Gasteiger partial charge in [0.15, 0.2) is 11.5 Å². The number of amides is 1. The quantitative estimate of drug-likeness (QED) is 0.854. The van der Waals surface area contributed by atoms with E-state index in [0.717, 1.165) is 16.8 Å². The number of rotatable bonds is 4. The maximum atomic E-state index is 12.1. The van der Waals surface area contributed by atoms with Gasteiger partial charge in [-0.2, -0.15) is 5.10 Å². The van der Waals surface area contributed by atoms with Gasteiger partial charge in [-0.1, -0.05) is 35.9 Å². The molecule has 2 aromatic rings. The van der Waals surface area contributed by atoms with E-state index in [2.05, 4.69) is 24.2 Å². The third-order valence-corrected chi connectivity index (χ3v) is 4.41. The molecule has 0 aliphatic carbocycles. The predicted molar refractivity (Wildman–Crippen MR) is 97.1 cm³/mol. The smallest absolute Gasteiger partial charge is 0.240 e. The molecule has 0 fully saturated rings. The van der Waals surface area contributed by atoms with Gasteiger partial charge in [0.05, 0.1) is 26.0 Å². The van der Waals surface area contributed by atoms with Crippen molar-refractivity contribution in [3.8, 4) is 11.5 Å². The zero-order valence-corrected chi connectivity index (χ0v) is 14.9. The fraction of sp³-hybridized carbons (Fsp3) is 0.300. The Morgan fingerprint density at radius 1 is 1.08 bits per heavy atom. The Morgan fingerprint density at radius 2 is 1.76 bits per heavy atom. The van der Waals surface area contributed by atoms with E-state index in [-0.39, 0.29) is 11.9 Å². The first-order chi connectivity index (χ1) is 12.0. The van der Waals surface area contributed by atoms with Crippen molar-refractivity contribution in [1.29, 1.82) is 0 Å². The number of aryl methyl sites for hydroxylation is 1. The number of carbonyl (C=O) groups excluding carboxylic acids is 1. The molecule has 0 saturated carbocycles. The summed E-state index contributed by atoms with van der Waals surface area (Å²) in [5.74, 6) is 1.23. The lowest BCUT2D eigenvalue weighted by atomic mass is 9.97. The van der Waals surface area contributed by atoms with Crippen LogP contribution in [0, 0.1) is 6.92 Å². The number of nitrogens with zero attached hydrogens (tertiary/aromatic N) is 2. The van der Waals surface area contributed by atoms with E-state index in [0.29, 0.717) is 17.9 Å². The number of benzene rings is 2. The minimum Gasteiger partial charge on any atom is -0.493 e. The molecule has 0 bridgehead atoms. The SMILES string of the molecule is COc1ccc([C@H]2CC(c3ccc(C)cc3)=NN2C(C)=O)cc1OC. The van der Waals surface area contributed by atoms with Crippen molar-refractivity contribution in [2.45, 2.75) is 26.3 Å². The molecule has 0 saturated heterocycles. The van der Waals surface area contributed by atoms with Crippen molar-refractivity contribution in [3.05, 3.63) is 59.2 Å². The maximum absolute atomic E-state index is 12.1. The number of hydrogen-bond acceptors (Lipinski definition) is 4. The lowest BCUT2D eigenvalue weighted by Gasteiger charge is -2.21. The largest absolute Gasteiger partial charge is 0.493 e. The minimum absolute atomic E-state index is 0.0816. The average Bonchev–Trinajstić information content (AvgIpc) is 3.07. The maximum Gasteiger partial charge on any atom is 0.240 e. The minimum atomic E-state index is -0.145. The van der Waals surface area contributed by atoms with Gasteiger partial charge in [0.2, 0.25) is 5.91 Å². The van der Waals surface area contributed by atoms with E-state index in [1.165, 1.54) is 12.5 Å². The van der Waals surface area contributed by atoms with Crippen LogP contribution in [0.4, 0.5) is 0 Å². The highest BCUT2D eigenvalue weighted by molar-refractivity contribution is 6.03. The molecular weight excluding hydrogens is 316 g/mol. The second-order valence-corrected chi connectivity index (χ2v) is 6.11. The van der Waals surface area contributed by atoms with Gasteiger partial charge in [-0.15, -0.1) is 0 Å². The molecule has 5 heteroatoms. The van der Waals surface area contributed by atoms with Gasteiger partial charge in [-0.25, -0.2) is 5.01 Å². The van der Waals surface area contributed by atoms with Crippen molar-refractivity contribution in [2.75, 3.05) is 14.2 Å². The van der Waals surface area contributed by atoms with Crippen LogP contribution in [-0.4, -0.2) is 30.8 Å². The summed E-state index contributed by atoms with van der Waals surface area (Å²) >= 11 is 0. The second-order valence-electron chi connectivity index (χ2n) is 6.11. The number of carbonyl (C=O) groups is 1. The van der Waals surface area contributed by atoms with Crippen LogP contribution in [0.15, 0.2) is 47.6 Å². The molecule has 1 aliphatic rings. The summed E-state index contributed by atoms with van der Waals surface area (Å²) < 4.78 is 10.7. The molecule has 0 N–H and O–H groups in total. The van der Waals surface area contributed by atoms with Gasteiger partial charge in [0.25, 0.3) is 0 Å². The predicted octanol–water partition coefficient (Wildman–Crippen LogP) is 3.71. The van der Waals surface area contributed by atoms with E-state index < -0.39 is 0 Å². The fourth-order valence-electron chi connectivity index (χ4n) is 3.04. The van der Waals surface area contributed by atoms with Gasteiger partial charge in [0.1, 0.15) is 0 Å². The molecule has 1 amide bonds. The molecule has 1 aliphatic heterocycles. The van der Waals surface area contributed by atoms with Crippen LogP contribution in [-0.2, 0) is 4.79 Å². The van der Waals surface area contributed by atoms with Crippen LogP contribution in [0.2, 0.25) is 0 Å². The van der Waals surface area contributed by atoms with E-state index >= 15 is 0 Å². The molecular formula is C20H22N2O3. The molecule has 2 aromatic carbocycles. The topological polar surface area (TPSA) is 51.1 Å². The Kier molecular flexibility index (Phi) is 4.74. The fourth-order valence-corrected chi connectivity index (χ4v) is 3.04. The Bertz CT molecular complexity index is 812. The van der Waals surface area contributed by atoms with Gasteiger partial charge in [-0.05, 0) is 30.2 Å². The summed E-state index contributed by atoms with van der Waals surface area (Å²) in [5, 5.41) is 6.12. The van der Waals surface area contributed by atoms with Gasteiger partial charge in [-0.3, -0.25) is 4.79 Å². The molecule has 0 aromatic heterocycles. The summed E-state index contributed by atoms with van der Waals surface area (Å²) in [7, 11) is 3.21. The molecule has 0 radical (unpaired) electrons. The summed E-state index contributed by atoms with van der Waals surface area (Å²) in [5.41, 5.74) is 4.12. The highest BCUT2D eigenvalue weighted by Gasteiger charge is 2.31. The van der Waals surface area contributed by atoms with Crippen molar-refractivity contribution in [1.82, 2.24) is 5.01 Å². The van der Waals surface area contributed by atoms with Crippen LogP contribution in [0.3, 0.4) is 0 Å². The van der Waals surface area contributed by atoms with E-state index in [9.17, 15) is 4.79 Å². The Morgan fingerprint density at radius 3 is 2.36 bits per heavy atom. The molecule has 1 atom stereocenters. The molecule has 5 nitrogen and oxygen atoms in total. The number of methoxy groups -OCH3 is 2. The van der Waals surface area contributed by atoms with Crippen molar-refractivity contribution < 1.29 is 14.3 Å². The van der Waals surface area contributed by atoms with Crippen molar-refractivity contribution in [3.63, 3.8) is 0 Å². The van der Waals surface area contributed by atoms with Gasteiger partial charge in [0, 0.05) is 13.3 Å². The number of hydrogen-bond donors (Lipinski definition) is 0. The van der Waals surface area contributed by atoms with E-state index in [1.807, 2.05) is 30.3 Å². The summed E-state index contributed by atoms with van der Waals surface area (Å²) in [4.78, 5) is 12.1. The first-order valence-corrected chi connectivity index (χ1v) is 8.19. The first kappa shape index (κ1) is 17.0. The molecule has 1 heterocycles. The van der Waals surface area contributed by atoms with Crippen molar-refractivity contribution in [2.24, 2.45) is 5.10 Å². The summed E-state index contributed by atoms with van der Waals surface area (Å²) in [6.07, 6.45) is 0.665. The molecule has 0 spiro atoms. The Balaban J connectivity index is 1.94. The standard InChI is InChI=1S/C20H22N2O3/c1-13-5-7-15(8-6-13)17-12-18(22(21-17)14(2)23)16-9-10-19(24-3)20(11-16)25-4/h5-11,18H,12H2,1-4H3/t18-/m1/s1. The van der Waals surface area contributed by atoms with E-state index in [4.69, 9.17) is 9.47 Å². The average molecular weight is 338 g/mol. The lowest BCUT2D eigenvalue weighted by Crippen LogP contribution is -2.24. The third kappa shape index (κ3) is 3.36. The lowest BCUT2D eigenvalue weighted by molar-refractivity contribution is -0.130. The van der Waals surface area contributed by atoms with E-state index in [1.54, 1.807) is 19.2 Å². The summed E-state index contributed by atoms with van der Waals surface area (Å²) in [6, 6.07) is 13.8. The van der Waals surface area contributed by atoms with Crippen LogP contribution >= 0.6 is 0 Å². The Labute approximate surface area is 147 Å².